The third kappa shape index (κ3) is 3.51. The van der Waals surface area contributed by atoms with Crippen LogP contribution in [-0.2, 0) is 0 Å². The van der Waals surface area contributed by atoms with E-state index in [1.54, 1.807) is 0 Å². The van der Waals surface area contributed by atoms with Crippen LogP contribution in [0.15, 0.2) is 22.7 Å². The molecule has 1 aliphatic carbocycles. The van der Waals surface area contributed by atoms with E-state index in [1.165, 1.54) is 6.42 Å². The summed E-state index contributed by atoms with van der Waals surface area (Å²) in [5.41, 5.74) is 0.916. The molecule has 0 heterocycles. The molecule has 1 fully saturated rings. The number of ether oxygens (including phenoxy) is 1. The molecule has 0 aromatic heterocycles. The summed E-state index contributed by atoms with van der Waals surface area (Å²) in [7, 11) is 0. The Labute approximate surface area is 123 Å². The Kier molecular flexibility index (Phi) is 4.20. The lowest BCUT2D eigenvalue weighted by molar-refractivity contribution is 0.0560. The van der Waals surface area contributed by atoms with E-state index >= 15 is 0 Å². The molecule has 0 spiro atoms. The normalized spacial score (nSPS) is 25.6. The minimum atomic E-state index is 0.208. The molecule has 2 atom stereocenters. The van der Waals surface area contributed by atoms with Crippen molar-refractivity contribution in [2.24, 2.45) is 11.3 Å². The predicted molar refractivity (Wildman–Crippen MR) is 80.1 cm³/mol. The Bertz CT molecular complexity index is 504. The highest BCUT2D eigenvalue weighted by Crippen LogP contribution is 2.40. The fraction of sp³-hybridized carbons (Fsp3) is 0.562. The van der Waals surface area contributed by atoms with Gasteiger partial charge in [0, 0.05) is 4.47 Å². The first kappa shape index (κ1) is 14.4. The maximum atomic E-state index is 9.22. The molecule has 2 rings (SSSR count). The average molecular weight is 322 g/mol. The molecule has 1 aliphatic rings. The maximum Gasteiger partial charge on any atom is 0.138 e. The number of hydrogen-bond donors (Lipinski definition) is 0. The molecule has 0 bridgehead atoms. The van der Waals surface area contributed by atoms with Crippen LogP contribution in [0, 0.1) is 22.7 Å². The highest BCUT2D eigenvalue weighted by atomic mass is 79.9. The van der Waals surface area contributed by atoms with E-state index in [0.717, 1.165) is 17.3 Å². The first-order chi connectivity index (χ1) is 8.91. The van der Waals surface area contributed by atoms with Crippen LogP contribution in [0.3, 0.4) is 0 Å². The summed E-state index contributed by atoms with van der Waals surface area (Å²) in [4.78, 5) is 0. The molecular formula is C16H20BrNO. The van der Waals surface area contributed by atoms with Gasteiger partial charge in [-0.15, -0.1) is 0 Å². The van der Waals surface area contributed by atoms with Crippen molar-refractivity contribution in [2.75, 3.05) is 0 Å². The topological polar surface area (TPSA) is 33.0 Å². The number of nitrogens with zero attached hydrogens (tertiary/aromatic N) is 1. The SMILES string of the molecule is CC1CC(Oc2cccc(Br)c2C#N)CC(C)(C)C1. The smallest absolute Gasteiger partial charge is 0.138 e. The van der Waals surface area contributed by atoms with Crippen molar-refractivity contribution in [2.45, 2.75) is 46.1 Å². The second kappa shape index (κ2) is 5.54. The number of hydrogen-bond acceptors (Lipinski definition) is 2. The van der Waals surface area contributed by atoms with Crippen LogP contribution < -0.4 is 4.74 Å². The van der Waals surface area contributed by atoms with Gasteiger partial charge in [-0.3, -0.25) is 0 Å². The first-order valence-corrected chi connectivity index (χ1v) is 7.56. The summed E-state index contributed by atoms with van der Waals surface area (Å²) in [5.74, 6) is 1.37. The zero-order valence-corrected chi connectivity index (χ0v) is 13.3. The molecule has 0 saturated heterocycles. The van der Waals surface area contributed by atoms with Gasteiger partial charge in [-0.2, -0.15) is 5.26 Å². The van der Waals surface area contributed by atoms with Gasteiger partial charge in [0.15, 0.2) is 0 Å². The molecule has 0 radical (unpaired) electrons. The van der Waals surface area contributed by atoms with E-state index in [4.69, 9.17) is 4.74 Å². The molecule has 102 valence electrons. The monoisotopic (exact) mass is 321 g/mol. The third-order valence-corrected chi connectivity index (χ3v) is 4.39. The van der Waals surface area contributed by atoms with Gasteiger partial charge < -0.3 is 4.74 Å². The van der Waals surface area contributed by atoms with E-state index < -0.39 is 0 Å². The molecule has 0 aliphatic heterocycles. The summed E-state index contributed by atoms with van der Waals surface area (Å²) >= 11 is 3.40. The zero-order chi connectivity index (χ0) is 14.0. The fourth-order valence-corrected chi connectivity index (χ4v) is 3.68. The third-order valence-electron chi connectivity index (χ3n) is 3.73. The molecule has 0 amide bonds. The van der Waals surface area contributed by atoms with Crippen LogP contribution in [0.4, 0.5) is 0 Å². The zero-order valence-electron chi connectivity index (χ0n) is 11.7. The predicted octanol–water partition coefficient (Wildman–Crippen LogP) is 4.91. The van der Waals surface area contributed by atoms with Gasteiger partial charge in [-0.05, 0) is 58.7 Å². The standard InChI is InChI=1S/C16H20BrNO/c1-11-7-12(9-16(2,3)8-11)19-15-6-4-5-14(17)13(15)10-18/h4-6,11-12H,7-9H2,1-3H3. The van der Waals surface area contributed by atoms with Crippen LogP contribution in [0.2, 0.25) is 0 Å². The lowest BCUT2D eigenvalue weighted by Gasteiger charge is -2.39. The molecule has 2 nitrogen and oxygen atoms in total. The molecule has 1 aromatic carbocycles. The first-order valence-electron chi connectivity index (χ1n) is 6.76. The summed E-state index contributed by atoms with van der Waals surface area (Å²) in [6.45, 7) is 6.87. The highest BCUT2D eigenvalue weighted by molar-refractivity contribution is 9.10. The Morgan fingerprint density at radius 2 is 2.11 bits per heavy atom. The summed E-state index contributed by atoms with van der Waals surface area (Å²) < 4.78 is 6.91. The van der Waals surface area contributed by atoms with E-state index in [9.17, 15) is 5.26 Å². The Morgan fingerprint density at radius 3 is 2.74 bits per heavy atom. The largest absolute Gasteiger partial charge is 0.489 e. The Balaban J connectivity index is 2.18. The minimum Gasteiger partial charge on any atom is -0.489 e. The van der Waals surface area contributed by atoms with Gasteiger partial charge in [0.2, 0.25) is 0 Å². The van der Waals surface area contributed by atoms with Crippen molar-refractivity contribution in [3.05, 3.63) is 28.2 Å². The number of nitriles is 1. The van der Waals surface area contributed by atoms with E-state index in [1.807, 2.05) is 18.2 Å². The lowest BCUT2D eigenvalue weighted by atomic mass is 9.71. The van der Waals surface area contributed by atoms with Crippen LogP contribution in [-0.4, -0.2) is 6.10 Å². The number of rotatable bonds is 2. The Morgan fingerprint density at radius 1 is 1.37 bits per heavy atom. The molecule has 19 heavy (non-hydrogen) atoms. The van der Waals surface area contributed by atoms with Crippen molar-refractivity contribution >= 4 is 15.9 Å². The van der Waals surface area contributed by atoms with Gasteiger partial charge in [-0.25, -0.2) is 0 Å². The van der Waals surface area contributed by atoms with E-state index in [2.05, 4.69) is 42.8 Å². The van der Waals surface area contributed by atoms with Crippen LogP contribution >= 0.6 is 15.9 Å². The molecule has 1 aromatic rings. The highest BCUT2D eigenvalue weighted by Gasteiger charge is 2.33. The maximum absolute atomic E-state index is 9.22. The lowest BCUT2D eigenvalue weighted by Crippen LogP contribution is -2.34. The van der Waals surface area contributed by atoms with Crippen molar-refractivity contribution in [3.63, 3.8) is 0 Å². The molecule has 0 N–H and O–H groups in total. The van der Waals surface area contributed by atoms with Crippen LogP contribution in [0.25, 0.3) is 0 Å². The van der Waals surface area contributed by atoms with Crippen LogP contribution in [0.5, 0.6) is 5.75 Å². The summed E-state index contributed by atoms with van der Waals surface area (Å²) in [6.07, 6.45) is 3.58. The fourth-order valence-electron chi connectivity index (χ4n) is 3.24. The van der Waals surface area contributed by atoms with Gasteiger partial charge in [-0.1, -0.05) is 26.8 Å². The second-order valence-corrected chi connectivity index (χ2v) is 7.23. The molecule has 3 heteroatoms. The summed E-state index contributed by atoms with van der Waals surface area (Å²) in [6, 6.07) is 7.89. The summed E-state index contributed by atoms with van der Waals surface area (Å²) in [5, 5.41) is 9.22. The van der Waals surface area contributed by atoms with E-state index in [0.29, 0.717) is 22.6 Å². The quantitative estimate of drug-likeness (QED) is 0.775. The Hall–Kier alpha value is -1.01. The molecule has 2 unspecified atom stereocenters. The van der Waals surface area contributed by atoms with Gasteiger partial charge >= 0.3 is 0 Å². The van der Waals surface area contributed by atoms with Gasteiger partial charge in [0.1, 0.15) is 17.4 Å². The van der Waals surface area contributed by atoms with Crippen molar-refractivity contribution < 1.29 is 4.74 Å². The number of benzene rings is 1. The van der Waals surface area contributed by atoms with Crippen molar-refractivity contribution in [3.8, 4) is 11.8 Å². The molecular weight excluding hydrogens is 302 g/mol. The van der Waals surface area contributed by atoms with E-state index in [-0.39, 0.29) is 6.10 Å². The second-order valence-electron chi connectivity index (χ2n) is 6.38. The molecule has 1 saturated carbocycles. The average Bonchev–Trinajstić information content (AvgIpc) is 2.26. The van der Waals surface area contributed by atoms with Gasteiger partial charge in [0.25, 0.3) is 0 Å². The van der Waals surface area contributed by atoms with Crippen molar-refractivity contribution in [1.29, 1.82) is 5.26 Å². The van der Waals surface area contributed by atoms with Gasteiger partial charge in [0.05, 0.1) is 6.10 Å². The number of halogens is 1. The van der Waals surface area contributed by atoms with Crippen molar-refractivity contribution in [1.82, 2.24) is 0 Å². The van der Waals surface area contributed by atoms with Crippen LogP contribution in [0.1, 0.15) is 45.6 Å². The minimum absolute atomic E-state index is 0.208.